The molecule has 0 aromatic carbocycles. The molecule has 0 aliphatic carbocycles. The molecule has 0 unspecified atom stereocenters. The molecule has 0 aliphatic heterocycles. The molecule has 102 valence electrons. The fraction of sp³-hybridized carbons (Fsp3) is 0.667. The molecule has 9 heteroatoms. The number of nitrogens with zero attached hydrogens (tertiary/aromatic N) is 3. The molecule has 18 heavy (non-hydrogen) atoms. The number of aryl methyl sites for hydroxylation is 1. The average molecular weight is 265 g/mol. The van der Waals surface area contributed by atoms with Gasteiger partial charge in [0.25, 0.3) is 0 Å². The van der Waals surface area contributed by atoms with Crippen molar-refractivity contribution < 1.29 is 18.0 Å². The number of amides is 1. The normalized spacial score (nSPS) is 11.6. The van der Waals surface area contributed by atoms with Gasteiger partial charge in [0.05, 0.1) is 6.54 Å². The Hall–Kier alpha value is -1.64. The summed E-state index contributed by atoms with van der Waals surface area (Å²) < 4.78 is 37.1. The van der Waals surface area contributed by atoms with Crippen LogP contribution in [0.4, 0.5) is 13.2 Å². The summed E-state index contributed by atoms with van der Waals surface area (Å²) >= 11 is 0. The summed E-state index contributed by atoms with van der Waals surface area (Å²) in [5.74, 6) is 0.0449. The lowest BCUT2D eigenvalue weighted by atomic mass is 10.4. The van der Waals surface area contributed by atoms with Gasteiger partial charge in [-0.05, 0) is 0 Å². The van der Waals surface area contributed by atoms with Crippen LogP contribution in [-0.2, 0) is 18.3 Å². The quantitative estimate of drug-likeness (QED) is 0.688. The van der Waals surface area contributed by atoms with Crippen LogP contribution in [0, 0.1) is 0 Å². The Morgan fingerprint density at radius 3 is 2.78 bits per heavy atom. The molecule has 6 nitrogen and oxygen atoms in total. The lowest BCUT2D eigenvalue weighted by molar-refractivity contribution is -0.137. The fourth-order valence-electron chi connectivity index (χ4n) is 1.20. The van der Waals surface area contributed by atoms with E-state index in [1.165, 1.54) is 0 Å². The molecule has 1 aromatic rings. The Morgan fingerprint density at radius 2 is 2.22 bits per heavy atom. The molecule has 1 aromatic heterocycles. The first kappa shape index (κ1) is 14.4. The molecule has 0 radical (unpaired) electrons. The van der Waals surface area contributed by atoms with Gasteiger partial charge in [-0.2, -0.15) is 13.2 Å². The predicted octanol–water partition coefficient (Wildman–Crippen LogP) is -0.374. The Balaban J connectivity index is 2.11. The summed E-state index contributed by atoms with van der Waals surface area (Å²) in [5.41, 5.74) is 0. The zero-order valence-electron chi connectivity index (χ0n) is 9.79. The van der Waals surface area contributed by atoms with E-state index in [1.54, 1.807) is 23.3 Å². The molecule has 1 heterocycles. The van der Waals surface area contributed by atoms with Crippen molar-refractivity contribution in [1.82, 2.24) is 25.4 Å². The Morgan fingerprint density at radius 1 is 1.50 bits per heavy atom. The number of hydrogen-bond acceptors (Lipinski definition) is 4. The van der Waals surface area contributed by atoms with Crippen molar-refractivity contribution in [2.45, 2.75) is 12.6 Å². The lowest BCUT2D eigenvalue weighted by Gasteiger charge is -2.08. The summed E-state index contributed by atoms with van der Waals surface area (Å²) in [6.45, 7) is -1.03. The van der Waals surface area contributed by atoms with Crippen LogP contribution in [0.1, 0.15) is 5.82 Å². The van der Waals surface area contributed by atoms with Crippen molar-refractivity contribution in [1.29, 1.82) is 0 Å². The molecule has 0 bridgehead atoms. The number of hydrogen-bond donors (Lipinski definition) is 2. The highest BCUT2D eigenvalue weighted by Crippen LogP contribution is 2.11. The highest BCUT2D eigenvalue weighted by Gasteiger charge is 2.27. The SMILES string of the molecule is Cn1cnnc1CCNCC(=O)NCC(F)(F)F. The maximum atomic E-state index is 11.8. The summed E-state index contributed by atoms with van der Waals surface area (Å²) in [7, 11) is 1.78. The Labute approximate surface area is 102 Å². The molecule has 0 atom stereocenters. The highest BCUT2D eigenvalue weighted by atomic mass is 19.4. The van der Waals surface area contributed by atoms with Crippen LogP contribution in [0.5, 0.6) is 0 Å². The van der Waals surface area contributed by atoms with Crippen molar-refractivity contribution >= 4 is 5.91 Å². The van der Waals surface area contributed by atoms with E-state index in [0.717, 1.165) is 5.82 Å². The van der Waals surface area contributed by atoms with Crippen LogP contribution in [-0.4, -0.2) is 46.5 Å². The molecule has 0 fully saturated rings. The van der Waals surface area contributed by atoms with Gasteiger partial charge in [-0.15, -0.1) is 10.2 Å². The number of carbonyl (C=O) groups is 1. The van der Waals surface area contributed by atoms with Gasteiger partial charge in [-0.3, -0.25) is 4.79 Å². The van der Waals surface area contributed by atoms with E-state index >= 15 is 0 Å². The van der Waals surface area contributed by atoms with E-state index < -0.39 is 18.6 Å². The second-order valence-electron chi connectivity index (χ2n) is 3.68. The lowest BCUT2D eigenvalue weighted by Crippen LogP contribution is -2.39. The number of rotatable bonds is 6. The summed E-state index contributed by atoms with van der Waals surface area (Å²) in [6, 6.07) is 0. The van der Waals surface area contributed by atoms with Crippen molar-refractivity contribution in [2.75, 3.05) is 19.6 Å². The van der Waals surface area contributed by atoms with Crippen LogP contribution in [0.15, 0.2) is 6.33 Å². The van der Waals surface area contributed by atoms with Crippen molar-refractivity contribution in [2.24, 2.45) is 7.05 Å². The Bertz CT molecular complexity index is 390. The predicted molar refractivity (Wildman–Crippen MR) is 56.6 cm³/mol. The van der Waals surface area contributed by atoms with Gasteiger partial charge >= 0.3 is 6.18 Å². The topological polar surface area (TPSA) is 71.8 Å². The van der Waals surface area contributed by atoms with E-state index in [1.807, 2.05) is 0 Å². The van der Waals surface area contributed by atoms with E-state index in [0.29, 0.717) is 13.0 Å². The first-order chi connectivity index (χ1) is 8.38. The van der Waals surface area contributed by atoms with Gasteiger partial charge in [0.15, 0.2) is 0 Å². The number of nitrogens with one attached hydrogen (secondary N) is 2. The third-order valence-electron chi connectivity index (χ3n) is 2.10. The van der Waals surface area contributed by atoms with Gasteiger partial charge < -0.3 is 15.2 Å². The number of halogens is 3. The minimum absolute atomic E-state index is 0.159. The monoisotopic (exact) mass is 265 g/mol. The first-order valence-corrected chi connectivity index (χ1v) is 5.25. The minimum atomic E-state index is -4.38. The average Bonchev–Trinajstić information content (AvgIpc) is 2.67. The number of alkyl halides is 3. The molecule has 0 spiro atoms. The fourth-order valence-corrected chi connectivity index (χ4v) is 1.20. The van der Waals surface area contributed by atoms with Crippen molar-refractivity contribution in [3.05, 3.63) is 12.2 Å². The highest BCUT2D eigenvalue weighted by molar-refractivity contribution is 5.77. The second kappa shape index (κ2) is 6.34. The van der Waals surface area contributed by atoms with Crippen molar-refractivity contribution in [3.63, 3.8) is 0 Å². The summed E-state index contributed by atoms with van der Waals surface area (Å²) in [6.07, 6.45) is -2.29. The van der Waals surface area contributed by atoms with Gasteiger partial charge in [0.1, 0.15) is 18.7 Å². The van der Waals surface area contributed by atoms with E-state index in [9.17, 15) is 18.0 Å². The van der Waals surface area contributed by atoms with Crippen LogP contribution >= 0.6 is 0 Å². The maximum absolute atomic E-state index is 11.8. The van der Waals surface area contributed by atoms with Crippen LogP contribution in [0.2, 0.25) is 0 Å². The summed E-state index contributed by atoms with van der Waals surface area (Å²) in [4.78, 5) is 11.0. The molecule has 0 saturated heterocycles. The Kier molecular flexibility index (Phi) is 5.08. The van der Waals surface area contributed by atoms with E-state index in [-0.39, 0.29) is 6.54 Å². The van der Waals surface area contributed by atoms with Gasteiger partial charge in [0.2, 0.25) is 5.91 Å². The first-order valence-electron chi connectivity index (χ1n) is 5.25. The van der Waals surface area contributed by atoms with E-state index in [4.69, 9.17) is 0 Å². The molecular formula is C9H14F3N5O. The third-order valence-corrected chi connectivity index (χ3v) is 2.10. The molecule has 0 saturated carbocycles. The zero-order valence-corrected chi connectivity index (χ0v) is 9.79. The standard InChI is InChI=1S/C9H14F3N5O/c1-17-6-15-16-7(17)2-3-13-4-8(18)14-5-9(10,11)12/h6,13H,2-5H2,1H3,(H,14,18). The number of carbonyl (C=O) groups excluding carboxylic acids is 1. The molecule has 0 aliphatic rings. The van der Waals surface area contributed by atoms with E-state index in [2.05, 4.69) is 15.5 Å². The smallest absolute Gasteiger partial charge is 0.346 e. The molecule has 2 N–H and O–H groups in total. The second-order valence-corrected chi connectivity index (χ2v) is 3.68. The molecule has 1 amide bonds. The van der Waals surface area contributed by atoms with Gasteiger partial charge in [-0.25, -0.2) is 0 Å². The van der Waals surface area contributed by atoms with Crippen LogP contribution < -0.4 is 10.6 Å². The van der Waals surface area contributed by atoms with Crippen LogP contribution in [0.25, 0.3) is 0 Å². The minimum Gasteiger partial charge on any atom is -0.346 e. The van der Waals surface area contributed by atoms with Gasteiger partial charge in [-0.1, -0.05) is 0 Å². The maximum Gasteiger partial charge on any atom is 0.405 e. The zero-order chi connectivity index (χ0) is 13.6. The van der Waals surface area contributed by atoms with Crippen LogP contribution in [0.3, 0.4) is 0 Å². The summed E-state index contributed by atoms with van der Waals surface area (Å²) in [5, 5.41) is 12.0. The third kappa shape index (κ3) is 5.62. The molecular weight excluding hydrogens is 251 g/mol. The number of aromatic nitrogens is 3. The van der Waals surface area contributed by atoms with Gasteiger partial charge in [0, 0.05) is 20.0 Å². The molecule has 1 rings (SSSR count). The van der Waals surface area contributed by atoms with Crippen molar-refractivity contribution in [3.8, 4) is 0 Å². The largest absolute Gasteiger partial charge is 0.405 e.